The summed E-state index contributed by atoms with van der Waals surface area (Å²) in [5, 5.41) is 0. The highest BCUT2D eigenvalue weighted by molar-refractivity contribution is 6.16. The number of carbonyl (C=O) groups is 1. The molecule has 2 aromatic rings. The average molecular weight is 464 g/mol. The van der Waals surface area contributed by atoms with Gasteiger partial charge in [0.2, 0.25) is 0 Å². The van der Waals surface area contributed by atoms with Crippen LogP contribution < -0.4 is 18.9 Å². The van der Waals surface area contributed by atoms with Gasteiger partial charge in [0.05, 0.1) is 28.4 Å². The number of ether oxygens (including phenoxy) is 4. The Morgan fingerprint density at radius 1 is 0.794 bits per heavy atom. The molecule has 0 amide bonds. The number of rotatable bonds is 8. The van der Waals surface area contributed by atoms with E-state index in [-0.39, 0.29) is 17.9 Å². The van der Waals surface area contributed by atoms with Crippen LogP contribution in [0.15, 0.2) is 47.5 Å². The van der Waals surface area contributed by atoms with Crippen LogP contribution in [0.2, 0.25) is 0 Å². The largest absolute Gasteiger partial charge is 0.497 e. The van der Waals surface area contributed by atoms with Crippen LogP contribution in [0.3, 0.4) is 0 Å². The van der Waals surface area contributed by atoms with Crippen LogP contribution in [0, 0.1) is 0 Å². The van der Waals surface area contributed by atoms with E-state index in [9.17, 15) is 4.79 Å². The number of ketones is 1. The van der Waals surface area contributed by atoms with Crippen molar-refractivity contribution in [1.29, 1.82) is 0 Å². The zero-order chi connectivity index (χ0) is 24.2. The van der Waals surface area contributed by atoms with E-state index in [1.54, 1.807) is 28.4 Å². The van der Waals surface area contributed by atoms with Crippen molar-refractivity contribution in [3.63, 3.8) is 0 Å². The topological polar surface area (TPSA) is 57.2 Å². The molecule has 2 aromatic carbocycles. The van der Waals surface area contributed by atoms with Crippen LogP contribution in [0.25, 0.3) is 12.2 Å². The Bertz CT molecular complexity index is 1040. The van der Waals surface area contributed by atoms with Gasteiger partial charge in [0.1, 0.15) is 23.0 Å². The fraction of sp³-hybridized carbons (Fsp3) is 0.393. The molecule has 2 bridgehead atoms. The van der Waals surface area contributed by atoms with Crippen LogP contribution in [0.5, 0.6) is 23.0 Å². The number of Topliss-reactive ketones (excluding diaryl/α,β-unsaturated/α-hetero) is 1. The molecule has 34 heavy (non-hydrogen) atoms. The van der Waals surface area contributed by atoms with E-state index in [1.165, 1.54) is 0 Å². The van der Waals surface area contributed by atoms with E-state index in [0.717, 1.165) is 59.6 Å². The number of hydrogen-bond acceptors (Lipinski definition) is 6. The van der Waals surface area contributed by atoms with Crippen LogP contribution in [0.1, 0.15) is 37.3 Å². The number of piperidine rings is 1. The van der Waals surface area contributed by atoms with Gasteiger partial charge in [-0.15, -0.1) is 0 Å². The molecule has 6 heteroatoms. The van der Waals surface area contributed by atoms with E-state index < -0.39 is 0 Å². The third kappa shape index (κ3) is 4.42. The molecule has 2 aliphatic rings. The first-order chi connectivity index (χ1) is 16.5. The summed E-state index contributed by atoms with van der Waals surface area (Å²) < 4.78 is 21.9. The first kappa shape index (κ1) is 23.9. The molecule has 0 saturated carbocycles. The van der Waals surface area contributed by atoms with Gasteiger partial charge in [0, 0.05) is 46.5 Å². The molecule has 0 N–H and O–H groups in total. The van der Waals surface area contributed by atoms with Crippen LogP contribution in [-0.4, -0.2) is 57.8 Å². The Morgan fingerprint density at radius 2 is 1.26 bits per heavy atom. The number of benzene rings is 2. The quantitative estimate of drug-likeness (QED) is 0.513. The fourth-order valence-electron chi connectivity index (χ4n) is 5.11. The van der Waals surface area contributed by atoms with Gasteiger partial charge in [-0.05, 0) is 62.2 Å². The number of fused-ring (bicyclic) bond motifs is 2. The lowest BCUT2D eigenvalue weighted by Gasteiger charge is -2.37. The molecule has 6 nitrogen and oxygen atoms in total. The highest BCUT2D eigenvalue weighted by Crippen LogP contribution is 2.43. The summed E-state index contributed by atoms with van der Waals surface area (Å²) in [6, 6.07) is 11.6. The summed E-state index contributed by atoms with van der Waals surface area (Å²) in [4.78, 5) is 16.4. The molecule has 0 aromatic heterocycles. The minimum Gasteiger partial charge on any atom is -0.497 e. The van der Waals surface area contributed by atoms with E-state index in [0.29, 0.717) is 11.5 Å². The summed E-state index contributed by atoms with van der Waals surface area (Å²) in [7, 11) is 6.53. The highest BCUT2D eigenvalue weighted by Gasteiger charge is 2.46. The minimum atomic E-state index is 0.0931. The molecule has 0 spiro atoms. The highest BCUT2D eigenvalue weighted by atomic mass is 16.5. The van der Waals surface area contributed by atoms with E-state index in [1.807, 2.05) is 48.6 Å². The molecule has 2 atom stereocenters. The van der Waals surface area contributed by atoms with Gasteiger partial charge in [0.25, 0.3) is 0 Å². The van der Waals surface area contributed by atoms with Gasteiger partial charge in [-0.3, -0.25) is 9.69 Å². The van der Waals surface area contributed by atoms with Crippen molar-refractivity contribution in [2.75, 3.05) is 35.0 Å². The Morgan fingerprint density at radius 3 is 1.65 bits per heavy atom. The van der Waals surface area contributed by atoms with Crippen molar-refractivity contribution in [1.82, 2.24) is 4.90 Å². The van der Waals surface area contributed by atoms with Crippen LogP contribution >= 0.6 is 0 Å². The zero-order valence-electron chi connectivity index (χ0n) is 20.6. The van der Waals surface area contributed by atoms with Crippen molar-refractivity contribution < 1.29 is 23.7 Å². The second-order valence-electron chi connectivity index (χ2n) is 8.59. The fourth-order valence-corrected chi connectivity index (χ4v) is 5.11. The maximum absolute atomic E-state index is 13.9. The first-order valence-electron chi connectivity index (χ1n) is 11.7. The Balaban J connectivity index is 1.82. The van der Waals surface area contributed by atoms with Crippen molar-refractivity contribution in [3.8, 4) is 23.0 Å². The molecule has 2 fully saturated rings. The van der Waals surface area contributed by atoms with Gasteiger partial charge in [-0.1, -0.05) is 6.92 Å². The number of nitrogens with zero attached hydrogens (tertiary/aromatic N) is 1. The molecule has 0 radical (unpaired) electrons. The van der Waals surface area contributed by atoms with Crippen molar-refractivity contribution >= 4 is 17.9 Å². The third-order valence-electron chi connectivity index (χ3n) is 6.74. The van der Waals surface area contributed by atoms with E-state index in [4.69, 9.17) is 18.9 Å². The Labute approximate surface area is 201 Å². The summed E-state index contributed by atoms with van der Waals surface area (Å²) in [5.74, 6) is 2.90. The maximum Gasteiger partial charge on any atom is 0.188 e. The molecule has 2 aliphatic heterocycles. The van der Waals surface area contributed by atoms with Crippen LogP contribution in [0.4, 0.5) is 0 Å². The number of carbonyl (C=O) groups excluding carboxylic acids is 1. The van der Waals surface area contributed by atoms with Crippen molar-refractivity contribution in [2.45, 2.75) is 38.3 Å². The van der Waals surface area contributed by atoms with Gasteiger partial charge in [-0.2, -0.15) is 0 Å². The van der Waals surface area contributed by atoms with Crippen LogP contribution in [-0.2, 0) is 4.79 Å². The SMILES string of the molecule is CCCN1[C@@H]2CC[C@H]1/C(=C\c1ccc(OC)cc1OC)C(=O)/C2=C/c1ccc(OC)cc1OC. The lowest BCUT2D eigenvalue weighted by atomic mass is 9.87. The van der Waals surface area contributed by atoms with Gasteiger partial charge in [-0.25, -0.2) is 0 Å². The molecule has 2 heterocycles. The summed E-state index contributed by atoms with van der Waals surface area (Å²) in [6.07, 6.45) is 6.93. The lowest BCUT2D eigenvalue weighted by molar-refractivity contribution is -0.114. The second-order valence-corrected chi connectivity index (χ2v) is 8.59. The third-order valence-corrected chi connectivity index (χ3v) is 6.74. The minimum absolute atomic E-state index is 0.0931. The monoisotopic (exact) mass is 463 g/mol. The molecular formula is C28H33NO5. The molecule has 0 aliphatic carbocycles. The molecule has 0 unspecified atom stereocenters. The van der Waals surface area contributed by atoms with Gasteiger partial charge < -0.3 is 18.9 Å². The lowest BCUT2D eigenvalue weighted by Crippen LogP contribution is -2.46. The summed E-state index contributed by atoms with van der Waals surface area (Å²) >= 11 is 0. The predicted molar refractivity (Wildman–Crippen MR) is 134 cm³/mol. The zero-order valence-corrected chi connectivity index (χ0v) is 20.6. The smallest absolute Gasteiger partial charge is 0.188 e. The number of methoxy groups -OCH3 is 4. The first-order valence-corrected chi connectivity index (χ1v) is 11.7. The average Bonchev–Trinajstić information content (AvgIpc) is 3.22. The maximum atomic E-state index is 13.9. The number of hydrogen-bond donors (Lipinski definition) is 0. The van der Waals surface area contributed by atoms with Crippen molar-refractivity contribution in [3.05, 3.63) is 58.7 Å². The molecular weight excluding hydrogens is 430 g/mol. The van der Waals surface area contributed by atoms with E-state index in [2.05, 4.69) is 11.8 Å². The molecule has 2 saturated heterocycles. The molecule has 4 rings (SSSR count). The standard InChI is InChI=1S/C28H33NO5/c1-6-13-29-24-11-12-25(29)23(15-19-8-10-21(32-3)17-27(19)34-5)28(30)22(24)14-18-7-9-20(31-2)16-26(18)33-4/h7-10,14-17,24-25H,6,11-13H2,1-5H3/b22-14+,23-15+/t24-,25+. The Hall–Kier alpha value is -3.25. The summed E-state index contributed by atoms with van der Waals surface area (Å²) in [6.45, 7) is 3.12. The van der Waals surface area contributed by atoms with E-state index >= 15 is 0 Å². The molecule has 180 valence electrons. The Kier molecular flexibility index (Phi) is 7.27. The van der Waals surface area contributed by atoms with Crippen molar-refractivity contribution in [2.24, 2.45) is 0 Å². The van der Waals surface area contributed by atoms with Gasteiger partial charge in [0.15, 0.2) is 5.78 Å². The predicted octanol–water partition coefficient (Wildman–Crippen LogP) is 5.01. The van der Waals surface area contributed by atoms with Gasteiger partial charge >= 0.3 is 0 Å². The normalized spacial score (nSPS) is 22.3. The summed E-state index contributed by atoms with van der Waals surface area (Å²) in [5.41, 5.74) is 3.36. The second kappa shape index (κ2) is 10.3.